The molecule has 6 N–H and O–H groups in total. The number of aryl methyl sites for hydroxylation is 1. The van der Waals surface area contributed by atoms with Crippen molar-refractivity contribution in [3.05, 3.63) is 17.7 Å². The van der Waals surface area contributed by atoms with Crippen molar-refractivity contribution in [2.75, 3.05) is 19.3 Å². The Bertz CT molecular complexity index is 858. The van der Waals surface area contributed by atoms with Crippen LogP contribution in [0.25, 0.3) is 0 Å². The molecule has 0 amide bonds. The summed E-state index contributed by atoms with van der Waals surface area (Å²) in [5.74, 6) is -5.18. The van der Waals surface area contributed by atoms with Crippen molar-refractivity contribution >= 4 is 35.6 Å². The van der Waals surface area contributed by atoms with Gasteiger partial charge >= 0.3 is 17.9 Å². The van der Waals surface area contributed by atoms with Crippen molar-refractivity contribution in [3.63, 3.8) is 0 Å². The third-order valence-corrected chi connectivity index (χ3v) is 5.04. The number of imidazole rings is 1. The van der Waals surface area contributed by atoms with Crippen molar-refractivity contribution in [2.24, 2.45) is 4.99 Å². The number of carboxylic acid groups (broad SMARTS) is 3. The van der Waals surface area contributed by atoms with Crippen LogP contribution in [-0.4, -0.2) is 90.1 Å². The minimum Gasteiger partial charge on any atom is -0.481 e. The Hall–Kier alpha value is -2.69. The van der Waals surface area contributed by atoms with E-state index < -0.39 is 36.0 Å². The number of carboxylic acids is 3. The minimum absolute atomic E-state index is 0. The van der Waals surface area contributed by atoms with Crippen LogP contribution in [-0.2, 0) is 39.6 Å². The fraction of sp³-hybridized carbons (Fsp3) is 0.500. The fourth-order valence-electron chi connectivity index (χ4n) is 2.64. The zero-order chi connectivity index (χ0) is 22.9. The molecule has 0 bridgehead atoms. The minimum atomic E-state index is -3.19. The number of aromatic amines is 1. The summed E-state index contributed by atoms with van der Waals surface area (Å²) in [6.45, 7) is 1.66. The second kappa shape index (κ2) is 12.9. The van der Waals surface area contributed by atoms with E-state index in [1.165, 1.54) is 25.1 Å². The van der Waals surface area contributed by atoms with Crippen LogP contribution in [0.2, 0.25) is 0 Å². The monoisotopic (exact) mass is 506 g/mol. The third-order valence-electron chi connectivity index (χ3n) is 4.09. The standard InChI is InChI=1S/C16H22N6O7S.Zn/c1-9-10(21-8-20-9)6-30-4-3-22(15(18-2)19-7-17)12(13(25)26)16(29,14(27)28)5-11(23)24;/h8,12,29H,3-6H2,1-2H3,(H,18,19)(H,20,21)(H,23,24)(H,25,26)(H,27,28);. The van der Waals surface area contributed by atoms with E-state index in [0.29, 0.717) is 5.75 Å². The summed E-state index contributed by atoms with van der Waals surface area (Å²) in [6.07, 6.45) is 1.70. The molecule has 0 saturated carbocycles. The first-order valence-corrected chi connectivity index (χ1v) is 9.59. The van der Waals surface area contributed by atoms with Crippen molar-refractivity contribution < 1.29 is 54.3 Å². The molecule has 0 aromatic carbocycles. The number of aliphatic carboxylic acids is 3. The third kappa shape index (κ3) is 7.50. The van der Waals surface area contributed by atoms with E-state index >= 15 is 0 Å². The maximum absolute atomic E-state index is 11.9. The van der Waals surface area contributed by atoms with E-state index in [-0.39, 0.29) is 37.7 Å². The quantitative estimate of drug-likeness (QED) is 0.0534. The molecule has 1 heterocycles. The van der Waals surface area contributed by atoms with Crippen LogP contribution in [0.4, 0.5) is 0 Å². The Morgan fingerprint density at radius 2 is 2.06 bits per heavy atom. The van der Waals surface area contributed by atoms with Gasteiger partial charge in [0.15, 0.2) is 12.2 Å². The molecule has 0 aliphatic rings. The smallest absolute Gasteiger partial charge is 0.339 e. The maximum Gasteiger partial charge on any atom is 0.339 e. The van der Waals surface area contributed by atoms with Crippen LogP contribution in [0, 0.1) is 18.4 Å². The SMILES string of the molecule is CN=C(NC#N)N(CCSCc1nc[nH]c1C)C(C(=O)O)C(O)(CC(=O)O)C(=O)O.[Zn]. The van der Waals surface area contributed by atoms with E-state index in [1.807, 2.05) is 6.92 Å². The first-order valence-electron chi connectivity index (χ1n) is 8.44. The van der Waals surface area contributed by atoms with Gasteiger partial charge in [-0.05, 0) is 6.92 Å². The molecule has 1 aromatic heterocycles. The molecule has 0 saturated heterocycles. The number of aliphatic imine (C=N–C) groups is 1. The van der Waals surface area contributed by atoms with Crippen LogP contribution >= 0.6 is 11.8 Å². The number of thioether (sulfide) groups is 1. The van der Waals surface area contributed by atoms with Gasteiger partial charge in [-0.1, -0.05) is 0 Å². The van der Waals surface area contributed by atoms with Gasteiger partial charge in [-0.15, -0.1) is 0 Å². The molecule has 0 fully saturated rings. The zero-order valence-electron chi connectivity index (χ0n) is 16.9. The first-order chi connectivity index (χ1) is 14.1. The molecule has 0 radical (unpaired) electrons. The van der Waals surface area contributed by atoms with Gasteiger partial charge in [0.25, 0.3) is 0 Å². The predicted molar refractivity (Wildman–Crippen MR) is 105 cm³/mol. The van der Waals surface area contributed by atoms with Crippen LogP contribution in [0.3, 0.4) is 0 Å². The number of nitriles is 1. The van der Waals surface area contributed by atoms with Crippen molar-refractivity contribution in [1.29, 1.82) is 5.26 Å². The number of aromatic nitrogens is 2. The summed E-state index contributed by atoms with van der Waals surface area (Å²) in [5.41, 5.74) is -1.56. The van der Waals surface area contributed by atoms with Gasteiger partial charge in [0.05, 0.1) is 18.4 Å². The number of guanidine groups is 1. The summed E-state index contributed by atoms with van der Waals surface area (Å²) in [5, 5.41) is 49.7. The number of H-pyrrole nitrogens is 1. The Kier molecular flexibility index (Phi) is 11.8. The molecular weight excluding hydrogens is 486 g/mol. The molecule has 0 aliphatic carbocycles. The first kappa shape index (κ1) is 28.3. The van der Waals surface area contributed by atoms with Crippen molar-refractivity contribution in [3.8, 4) is 6.19 Å². The van der Waals surface area contributed by atoms with E-state index in [0.717, 1.165) is 16.3 Å². The number of aliphatic hydroxyl groups is 1. The molecule has 2 unspecified atom stereocenters. The summed E-state index contributed by atoms with van der Waals surface area (Å²) in [7, 11) is 1.23. The molecule has 166 valence electrons. The van der Waals surface area contributed by atoms with Crippen molar-refractivity contribution in [2.45, 2.75) is 30.7 Å². The number of hydrogen-bond acceptors (Lipinski definition) is 8. The Balaban J connectivity index is 0.00000900. The van der Waals surface area contributed by atoms with Gasteiger partial charge in [0.2, 0.25) is 11.6 Å². The molecule has 0 spiro atoms. The zero-order valence-corrected chi connectivity index (χ0v) is 20.7. The summed E-state index contributed by atoms with van der Waals surface area (Å²) in [4.78, 5) is 46.3. The Labute approximate surface area is 194 Å². The molecule has 13 nitrogen and oxygen atoms in total. The predicted octanol–water partition coefficient (Wildman–Crippen LogP) is -0.949. The van der Waals surface area contributed by atoms with Gasteiger partial charge in [-0.25, -0.2) is 14.6 Å². The number of rotatable bonds is 11. The second-order valence-electron chi connectivity index (χ2n) is 6.04. The molecule has 15 heteroatoms. The normalized spacial score (nSPS) is 13.8. The summed E-state index contributed by atoms with van der Waals surface area (Å²) >= 11 is 1.33. The van der Waals surface area contributed by atoms with E-state index in [9.17, 15) is 29.7 Å². The molecule has 2 atom stereocenters. The van der Waals surface area contributed by atoms with Crippen LogP contribution in [0.15, 0.2) is 11.3 Å². The number of nitrogens with zero attached hydrogens (tertiary/aromatic N) is 4. The van der Waals surface area contributed by atoms with E-state index in [1.54, 1.807) is 6.19 Å². The molecule has 0 aliphatic heterocycles. The van der Waals surface area contributed by atoms with Gasteiger partial charge in [-0.3, -0.25) is 15.1 Å². The fourth-order valence-corrected chi connectivity index (χ4v) is 3.60. The van der Waals surface area contributed by atoms with E-state index in [4.69, 9.17) is 10.4 Å². The van der Waals surface area contributed by atoms with Crippen LogP contribution in [0.5, 0.6) is 0 Å². The van der Waals surface area contributed by atoms with Crippen LogP contribution in [0.1, 0.15) is 17.8 Å². The molecular formula is C16H22N6O7SZn. The van der Waals surface area contributed by atoms with Crippen LogP contribution < -0.4 is 5.32 Å². The van der Waals surface area contributed by atoms with Gasteiger partial charge < -0.3 is 30.3 Å². The maximum atomic E-state index is 11.9. The molecule has 31 heavy (non-hydrogen) atoms. The molecule has 1 aromatic rings. The van der Waals surface area contributed by atoms with Gasteiger partial charge in [0.1, 0.15) is 0 Å². The largest absolute Gasteiger partial charge is 0.481 e. The van der Waals surface area contributed by atoms with Gasteiger partial charge in [0, 0.05) is 50.3 Å². The van der Waals surface area contributed by atoms with Crippen molar-refractivity contribution in [1.82, 2.24) is 20.2 Å². The Morgan fingerprint density at radius 3 is 2.48 bits per heavy atom. The van der Waals surface area contributed by atoms with E-state index in [2.05, 4.69) is 20.3 Å². The number of nitrogens with one attached hydrogen (secondary N) is 2. The summed E-state index contributed by atoms with van der Waals surface area (Å²) < 4.78 is 0. The van der Waals surface area contributed by atoms with Gasteiger partial charge in [-0.2, -0.15) is 17.0 Å². The average molecular weight is 508 g/mol. The average Bonchev–Trinajstić information content (AvgIpc) is 3.06. The number of carbonyl (C=O) groups is 3. The number of hydrogen-bond donors (Lipinski definition) is 6. The topological polar surface area (TPSA) is 212 Å². The summed E-state index contributed by atoms with van der Waals surface area (Å²) in [6, 6.07) is -2.24. The Morgan fingerprint density at radius 1 is 1.42 bits per heavy atom. The second-order valence-corrected chi connectivity index (χ2v) is 7.15. The molecule has 1 rings (SSSR count).